The second-order valence-electron chi connectivity index (χ2n) is 6.10. The van der Waals surface area contributed by atoms with Gasteiger partial charge >= 0.3 is 0 Å². The number of rotatable bonds is 7. The SMILES string of the molecule is CCN(CCO)C(=O)[C@@H]1CCC(=O)N(CCc2cccc(F)c2)C1. The van der Waals surface area contributed by atoms with Crippen molar-refractivity contribution < 1.29 is 19.1 Å². The summed E-state index contributed by atoms with van der Waals surface area (Å²) in [7, 11) is 0. The summed E-state index contributed by atoms with van der Waals surface area (Å²) in [4.78, 5) is 27.9. The van der Waals surface area contributed by atoms with E-state index in [2.05, 4.69) is 0 Å². The Morgan fingerprint density at radius 3 is 2.92 bits per heavy atom. The second-order valence-corrected chi connectivity index (χ2v) is 6.10. The Morgan fingerprint density at radius 2 is 2.25 bits per heavy atom. The summed E-state index contributed by atoms with van der Waals surface area (Å²) in [5, 5.41) is 9.05. The van der Waals surface area contributed by atoms with Gasteiger partial charge in [-0.25, -0.2) is 4.39 Å². The number of carbonyl (C=O) groups is 2. The Bertz CT molecular complexity index is 579. The maximum Gasteiger partial charge on any atom is 0.227 e. The zero-order valence-electron chi connectivity index (χ0n) is 14.1. The van der Waals surface area contributed by atoms with Crippen molar-refractivity contribution in [2.75, 3.05) is 32.8 Å². The molecular formula is C18H25FN2O3. The van der Waals surface area contributed by atoms with E-state index in [1.54, 1.807) is 15.9 Å². The van der Waals surface area contributed by atoms with E-state index >= 15 is 0 Å². The summed E-state index contributed by atoms with van der Waals surface area (Å²) in [5.41, 5.74) is 0.840. The Labute approximate surface area is 142 Å². The van der Waals surface area contributed by atoms with Crippen LogP contribution >= 0.6 is 0 Å². The zero-order chi connectivity index (χ0) is 17.5. The molecule has 1 N–H and O–H groups in total. The minimum absolute atomic E-state index is 0.00481. The maximum absolute atomic E-state index is 13.2. The van der Waals surface area contributed by atoms with E-state index in [9.17, 15) is 14.0 Å². The molecule has 0 aromatic heterocycles. The number of piperidine rings is 1. The monoisotopic (exact) mass is 336 g/mol. The summed E-state index contributed by atoms with van der Waals surface area (Å²) in [6, 6.07) is 6.35. The van der Waals surface area contributed by atoms with Gasteiger partial charge in [0.1, 0.15) is 5.82 Å². The molecule has 132 valence electrons. The van der Waals surface area contributed by atoms with Crippen molar-refractivity contribution >= 4 is 11.8 Å². The van der Waals surface area contributed by atoms with Crippen LogP contribution in [0.5, 0.6) is 0 Å². The molecule has 0 aliphatic carbocycles. The van der Waals surface area contributed by atoms with E-state index in [4.69, 9.17) is 5.11 Å². The van der Waals surface area contributed by atoms with E-state index in [0.29, 0.717) is 45.4 Å². The first kappa shape index (κ1) is 18.4. The fourth-order valence-electron chi connectivity index (χ4n) is 3.09. The third-order valence-electron chi connectivity index (χ3n) is 4.47. The van der Waals surface area contributed by atoms with Crippen molar-refractivity contribution in [2.45, 2.75) is 26.2 Å². The van der Waals surface area contributed by atoms with Crippen molar-refractivity contribution in [3.05, 3.63) is 35.6 Å². The lowest BCUT2D eigenvalue weighted by atomic mass is 9.95. The van der Waals surface area contributed by atoms with Gasteiger partial charge in [0.25, 0.3) is 0 Å². The van der Waals surface area contributed by atoms with Crippen LogP contribution < -0.4 is 0 Å². The third kappa shape index (κ3) is 4.77. The summed E-state index contributed by atoms with van der Waals surface area (Å²) >= 11 is 0. The molecule has 1 atom stereocenters. The minimum atomic E-state index is -0.284. The Kier molecular flexibility index (Phi) is 6.73. The van der Waals surface area contributed by atoms with Crippen LogP contribution in [0.1, 0.15) is 25.3 Å². The van der Waals surface area contributed by atoms with Gasteiger partial charge in [-0.3, -0.25) is 9.59 Å². The lowest BCUT2D eigenvalue weighted by Crippen LogP contribution is -2.48. The third-order valence-corrected chi connectivity index (χ3v) is 4.47. The van der Waals surface area contributed by atoms with Gasteiger partial charge in [-0.15, -0.1) is 0 Å². The van der Waals surface area contributed by atoms with Crippen molar-refractivity contribution in [3.8, 4) is 0 Å². The van der Waals surface area contributed by atoms with Gasteiger partial charge in [-0.05, 0) is 37.5 Å². The number of likely N-dealkylation sites (tertiary alicyclic amines) is 1. The van der Waals surface area contributed by atoms with Gasteiger partial charge in [0.2, 0.25) is 11.8 Å². The zero-order valence-corrected chi connectivity index (χ0v) is 14.1. The lowest BCUT2D eigenvalue weighted by molar-refractivity contribution is -0.143. The largest absolute Gasteiger partial charge is 0.395 e. The van der Waals surface area contributed by atoms with Gasteiger partial charge in [0.05, 0.1) is 12.5 Å². The summed E-state index contributed by atoms with van der Waals surface area (Å²) < 4.78 is 13.2. The van der Waals surface area contributed by atoms with Crippen LogP contribution in [0.2, 0.25) is 0 Å². The van der Waals surface area contributed by atoms with Gasteiger partial charge in [-0.1, -0.05) is 12.1 Å². The van der Waals surface area contributed by atoms with Crippen molar-refractivity contribution in [1.29, 1.82) is 0 Å². The quantitative estimate of drug-likeness (QED) is 0.820. The molecule has 6 heteroatoms. The number of hydrogen-bond acceptors (Lipinski definition) is 3. The van der Waals surface area contributed by atoms with E-state index in [1.165, 1.54) is 12.1 Å². The highest BCUT2D eigenvalue weighted by molar-refractivity contribution is 5.83. The molecule has 0 unspecified atom stereocenters. The molecule has 1 fully saturated rings. The molecule has 1 aliphatic rings. The number of nitrogens with zero attached hydrogens (tertiary/aromatic N) is 2. The molecule has 5 nitrogen and oxygen atoms in total. The smallest absolute Gasteiger partial charge is 0.227 e. The van der Waals surface area contributed by atoms with Crippen LogP contribution in [0.25, 0.3) is 0 Å². The summed E-state index contributed by atoms with van der Waals surface area (Å²) in [6.45, 7) is 3.57. The van der Waals surface area contributed by atoms with Crippen molar-refractivity contribution in [3.63, 3.8) is 0 Å². The molecule has 1 saturated heterocycles. The van der Waals surface area contributed by atoms with E-state index < -0.39 is 0 Å². The highest BCUT2D eigenvalue weighted by atomic mass is 19.1. The molecular weight excluding hydrogens is 311 g/mol. The molecule has 0 radical (unpaired) electrons. The van der Waals surface area contributed by atoms with Gasteiger partial charge in [0.15, 0.2) is 0 Å². The lowest BCUT2D eigenvalue weighted by Gasteiger charge is -2.34. The number of hydrogen-bond donors (Lipinski definition) is 1. The molecule has 1 aromatic carbocycles. The number of amides is 2. The maximum atomic E-state index is 13.2. The number of benzene rings is 1. The molecule has 0 saturated carbocycles. The topological polar surface area (TPSA) is 60.9 Å². The average molecular weight is 336 g/mol. The highest BCUT2D eigenvalue weighted by Crippen LogP contribution is 2.20. The van der Waals surface area contributed by atoms with E-state index in [1.807, 2.05) is 13.0 Å². The Balaban J connectivity index is 1.95. The van der Waals surface area contributed by atoms with Crippen LogP contribution in [0.15, 0.2) is 24.3 Å². The molecule has 2 rings (SSSR count). The van der Waals surface area contributed by atoms with Crippen LogP contribution in [-0.2, 0) is 16.0 Å². The predicted octanol–water partition coefficient (Wildman–Crippen LogP) is 1.45. The van der Waals surface area contributed by atoms with Crippen LogP contribution in [0, 0.1) is 11.7 Å². The van der Waals surface area contributed by atoms with Gasteiger partial charge in [-0.2, -0.15) is 0 Å². The molecule has 0 bridgehead atoms. The van der Waals surface area contributed by atoms with Crippen LogP contribution in [0.4, 0.5) is 4.39 Å². The fourth-order valence-corrected chi connectivity index (χ4v) is 3.09. The normalized spacial score (nSPS) is 17.9. The molecule has 24 heavy (non-hydrogen) atoms. The van der Waals surface area contributed by atoms with Gasteiger partial charge < -0.3 is 14.9 Å². The number of likely N-dealkylation sites (N-methyl/N-ethyl adjacent to an activating group) is 1. The summed E-state index contributed by atoms with van der Waals surface area (Å²) in [6.07, 6.45) is 1.48. The Hall–Kier alpha value is -1.95. The molecule has 1 aliphatic heterocycles. The Morgan fingerprint density at radius 1 is 1.46 bits per heavy atom. The van der Waals surface area contributed by atoms with Crippen LogP contribution in [-0.4, -0.2) is 59.5 Å². The average Bonchev–Trinajstić information content (AvgIpc) is 2.58. The first-order chi connectivity index (χ1) is 11.5. The first-order valence-corrected chi connectivity index (χ1v) is 8.47. The molecule has 0 spiro atoms. The van der Waals surface area contributed by atoms with E-state index in [-0.39, 0.29) is 30.2 Å². The fraction of sp³-hybridized carbons (Fsp3) is 0.556. The first-order valence-electron chi connectivity index (χ1n) is 8.47. The predicted molar refractivity (Wildman–Crippen MR) is 88.7 cm³/mol. The molecule has 2 amide bonds. The number of halogens is 1. The van der Waals surface area contributed by atoms with Crippen molar-refractivity contribution in [2.24, 2.45) is 5.92 Å². The standard InChI is InChI=1S/C18H25FN2O3/c1-2-20(10-11-22)18(24)15-6-7-17(23)21(13-15)9-8-14-4-3-5-16(19)12-14/h3-5,12,15,22H,2,6-11,13H2,1H3/t15-/m1/s1. The van der Waals surface area contributed by atoms with Crippen LogP contribution in [0.3, 0.4) is 0 Å². The molecule has 1 aromatic rings. The number of aliphatic hydroxyl groups is 1. The second kappa shape index (κ2) is 8.78. The number of carbonyl (C=O) groups excluding carboxylic acids is 2. The van der Waals surface area contributed by atoms with Crippen molar-refractivity contribution in [1.82, 2.24) is 9.80 Å². The highest BCUT2D eigenvalue weighted by Gasteiger charge is 2.32. The summed E-state index contributed by atoms with van der Waals surface area (Å²) in [5.74, 6) is -0.467. The van der Waals surface area contributed by atoms with E-state index in [0.717, 1.165) is 5.56 Å². The van der Waals surface area contributed by atoms with Gasteiger partial charge in [0, 0.05) is 32.6 Å². The molecule has 1 heterocycles. The minimum Gasteiger partial charge on any atom is -0.395 e. The number of aliphatic hydroxyl groups excluding tert-OH is 1.